The molecule has 0 aliphatic carbocycles. The van der Waals surface area contributed by atoms with Crippen LogP contribution in [0, 0.1) is 0 Å². The predicted octanol–water partition coefficient (Wildman–Crippen LogP) is 9.20. The lowest BCUT2D eigenvalue weighted by molar-refractivity contribution is -0.139. The Morgan fingerprint density at radius 3 is 1.29 bits per heavy atom. The Hall–Kier alpha value is -5.94. The molecule has 0 unspecified atom stereocenters. The summed E-state index contributed by atoms with van der Waals surface area (Å²) in [5.74, 6) is -0.923. The third-order valence-corrected chi connectivity index (χ3v) is 7.12. The van der Waals surface area contributed by atoms with E-state index in [2.05, 4.69) is 96.9 Å². The van der Waals surface area contributed by atoms with Crippen molar-refractivity contribution in [2.75, 3.05) is 4.90 Å². The first-order valence-electron chi connectivity index (χ1n) is 14.5. The number of carbonyl (C=O) groups excluding carboxylic acids is 2. The number of anilines is 3. The van der Waals surface area contributed by atoms with Crippen LogP contribution in [-0.2, 0) is 32.3 Å². The van der Waals surface area contributed by atoms with E-state index >= 15 is 0 Å². The molecule has 0 heterocycles. The Morgan fingerprint density at radius 2 is 0.911 bits per heavy atom. The molecule has 0 bridgehead atoms. The van der Waals surface area contributed by atoms with Crippen molar-refractivity contribution < 1.29 is 19.1 Å². The number of ether oxygens (including phenoxy) is 2. The number of nitrogens with zero attached hydrogens (tertiary/aromatic N) is 1. The Morgan fingerprint density at radius 1 is 0.533 bits per heavy atom. The molecule has 222 valence electrons. The van der Waals surface area contributed by atoms with Crippen LogP contribution in [-0.4, -0.2) is 11.9 Å². The number of benzene rings is 5. The molecule has 5 aromatic carbocycles. The van der Waals surface area contributed by atoms with Gasteiger partial charge in [-0.05, 0) is 75.9 Å². The molecule has 5 heteroatoms. The molecule has 0 saturated carbocycles. The van der Waals surface area contributed by atoms with Crippen molar-refractivity contribution in [3.8, 4) is 0 Å². The predicted molar refractivity (Wildman–Crippen MR) is 181 cm³/mol. The van der Waals surface area contributed by atoms with Gasteiger partial charge in [-0.2, -0.15) is 0 Å². The van der Waals surface area contributed by atoms with Crippen molar-refractivity contribution in [3.05, 3.63) is 187 Å². The third kappa shape index (κ3) is 8.12. The molecule has 0 amide bonds. The Kier molecular flexibility index (Phi) is 10.2. The van der Waals surface area contributed by atoms with Gasteiger partial charge in [0.05, 0.1) is 0 Å². The molecule has 0 radical (unpaired) electrons. The Labute approximate surface area is 264 Å². The van der Waals surface area contributed by atoms with Crippen molar-refractivity contribution in [2.45, 2.75) is 13.2 Å². The highest BCUT2D eigenvalue weighted by Crippen LogP contribution is 2.35. The molecular weight excluding hydrogens is 558 g/mol. The van der Waals surface area contributed by atoms with Gasteiger partial charge in [0.25, 0.3) is 0 Å². The van der Waals surface area contributed by atoms with Gasteiger partial charge in [0.15, 0.2) is 0 Å². The molecule has 0 saturated heterocycles. The molecule has 5 nitrogen and oxygen atoms in total. The van der Waals surface area contributed by atoms with Gasteiger partial charge in [-0.15, -0.1) is 0 Å². The molecule has 0 aliphatic heterocycles. The maximum absolute atomic E-state index is 11.5. The summed E-state index contributed by atoms with van der Waals surface area (Å²) in [5.41, 5.74) is 9.05. The summed E-state index contributed by atoms with van der Waals surface area (Å²) in [6.07, 6.45) is 4.51. The molecule has 0 aliphatic rings. The van der Waals surface area contributed by atoms with Crippen LogP contribution in [0.15, 0.2) is 159 Å². The fourth-order valence-electron chi connectivity index (χ4n) is 4.81. The van der Waals surface area contributed by atoms with E-state index in [1.165, 1.54) is 0 Å². The monoisotopic (exact) mass is 591 g/mol. The average molecular weight is 592 g/mol. The second kappa shape index (κ2) is 15.0. The van der Waals surface area contributed by atoms with Crippen molar-refractivity contribution in [1.29, 1.82) is 0 Å². The van der Waals surface area contributed by atoms with Gasteiger partial charge in [0.2, 0.25) is 0 Å². The number of hydrogen-bond donors (Lipinski definition) is 0. The molecule has 0 atom stereocenters. The van der Waals surface area contributed by atoms with E-state index < -0.39 is 11.9 Å². The van der Waals surface area contributed by atoms with E-state index in [0.29, 0.717) is 0 Å². The molecule has 5 aromatic rings. The van der Waals surface area contributed by atoms with Gasteiger partial charge < -0.3 is 14.4 Å². The zero-order chi connectivity index (χ0) is 31.4. The van der Waals surface area contributed by atoms with Crippen LogP contribution >= 0.6 is 0 Å². The lowest BCUT2D eigenvalue weighted by Gasteiger charge is -2.26. The summed E-state index contributed by atoms with van der Waals surface area (Å²) in [5, 5.41) is 0. The highest BCUT2D eigenvalue weighted by atomic mass is 16.5. The second-order valence-corrected chi connectivity index (χ2v) is 10.2. The van der Waals surface area contributed by atoms with Gasteiger partial charge in [0.1, 0.15) is 13.2 Å². The van der Waals surface area contributed by atoms with Gasteiger partial charge >= 0.3 is 11.9 Å². The van der Waals surface area contributed by atoms with Crippen molar-refractivity contribution in [2.24, 2.45) is 0 Å². The van der Waals surface area contributed by atoms with E-state index in [9.17, 15) is 9.59 Å². The fraction of sp³-hybridized carbons (Fsp3) is 0.0500. The quantitative estimate of drug-likeness (QED) is 0.0822. The first kappa shape index (κ1) is 30.5. The van der Waals surface area contributed by atoms with Crippen molar-refractivity contribution >= 4 is 40.6 Å². The van der Waals surface area contributed by atoms with Gasteiger partial charge in [-0.1, -0.05) is 110 Å². The summed E-state index contributed by atoms with van der Waals surface area (Å²) >= 11 is 0. The van der Waals surface area contributed by atoms with E-state index in [1.54, 1.807) is 0 Å². The van der Waals surface area contributed by atoms with Crippen LogP contribution in [0.5, 0.6) is 0 Å². The smallest absolute Gasteiger partial charge is 0.330 e. The van der Waals surface area contributed by atoms with Crippen LogP contribution in [0.1, 0.15) is 27.8 Å². The summed E-state index contributed by atoms with van der Waals surface area (Å²) in [6.45, 7) is 7.22. The number of hydrogen-bond acceptors (Lipinski definition) is 5. The Bertz CT molecular complexity index is 1670. The summed E-state index contributed by atoms with van der Waals surface area (Å²) in [7, 11) is 0. The topological polar surface area (TPSA) is 55.8 Å². The standard InChI is InChI=1S/C40H33NO4/c1-3-39(42)44-28-31-17-23-36(24-18-31)41(37-25-19-32(20-26-37)29-45-40(43)4-2)35-21-15-30(16-22-35)27-38(33-11-7-5-8-12-33)34-13-9-6-10-14-34/h3-27H,1-2,28-29H2. The van der Waals surface area contributed by atoms with E-state index in [1.807, 2.05) is 60.7 Å². The average Bonchev–Trinajstić information content (AvgIpc) is 3.11. The maximum Gasteiger partial charge on any atom is 0.330 e. The minimum Gasteiger partial charge on any atom is -0.458 e. The van der Waals surface area contributed by atoms with Gasteiger partial charge in [0, 0.05) is 29.2 Å². The molecule has 0 aromatic heterocycles. The molecule has 45 heavy (non-hydrogen) atoms. The molecule has 0 N–H and O–H groups in total. The Balaban J connectivity index is 1.48. The molecule has 0 spiro atoms. The zero-order valence-electron chi connectivity index (χ0n) is 24.8. The maximum atomic E-state index is 11.5. The molecular formula is C40H33NO4. The van der Waals surface area contributed by atoms with E-state index in [-0.39, 0.29) is 13.2 Å². The van der Waals surface area contributed by atoms with Crippen LogP contribution in [0.3, 0.4) is 0 Å². The van der Waals surface area contributed by atoms with Crippen LogP contribution in [0.25, 0.3) is 11.6 Å². The SMILES string of the molecule is C=CC(=O)OCc1ccc(N(c2ccc(C=C(c3ccccc3)c3ccccc3)cc2)c2ccc(COC(=O)C=C)cc2)cc1. The number of carbonyl (C=O) groups is 2. The summed E-state index contributed by atoms with van der Waals surface area (Å²) in [4.78, 5) is 25.2. The van der Waals surface area contributed by atoms with Crippen molar-refractivity contribution in [1.82, 2.24) is 0 Å². The highest BCUT2D eigenvalue weighted by Gasteiger charge is 2.14. The van der Waals surface area contributed by atoms with Crippen LogP contribution in [0.2, 0.25) is 0 Å². The summed E-state index contributed by atoms with van der Waals surface area (Å²) < 4.78 is 10.4. The lowest BCUT2D eigenvalue weighted by atomic mass is 9.95. The second-order valence-electron chi connectivity index (χ2n) is 10.2. The minimum absolute atomic E-state index is 0.162. The number of rotatable bonds is 12. The van der Waals surface area contributed by atoms with Crippen LogP contribution < -0.4 is 4.90 Å². The fourth-order valence-corrected chi connectivity index (χ4v) is 4.81. The first-order chi connectivity index (χ1) is 22.0. The minimum atomic E-state index is -0.462. The first-order valence-corrected chi connectivity index (χ1v) is 14.5. The molecule has 0 fully saturated rings. The van der Waals surface area contributed by atoms with Gasteiger partial charge in [-0.3, -0.25) is 0 Å². The van der Waals surface area contributed by atoms with Crippen LogP contribution in [0.4, 0.5) is 17.1 Å². The third-order valence-electron chi connectivity index (χ3n) is 7.12. The summed E-state index contributed by atoms with van der Waals surface area (Å²) in [6, 6.07) is 44.9. The largest absolute Gasteiger partial charge is 0.458 e. The lowest BCUT2D eigenvalue weighted by Crippen LogP contribution is -2.10. The van der Waals surface area contributed by atoms with Gasteiger partial charge in [-0.25, -0.2) is 9.59 Å². The molecule has 5 rings (SSSR count). The normalized spacial score (nSPS) is 10.3. The van der Waals surface area contributed by atoms with E-state index in [0.717, 1.165) is 62.6 Å². The zero-order valence-corrected chi connectivity index (χ0v) is 24.8. The number of esters is 2. The van der Waals surface area contributed by atoms with E-state index in [4.69, 9.17) is 9.47 Å². The van der Waals surface area contributed by atoms with Crippen molar-refractivity contribution in [3.63, 3.8) is 0 Å². The highest BCUT2D eigenvalue weighted by molar-refractivity contribution is 5.91.